The van der Waals surface area contributed by atoms with Gasteiger partial charge in [0.25, 0.3) is 0 Å². The number of carbonyl (C=O) groups is 2. The van der Waals surface area contributed by atoms with Crippen molar-refractivity contribution in [1.29, 1.82) is 0 Å². The number of ether oxygens (including phenoxy) is 3. The number of carbonyl (C=O) groups excluding carboxylic acids is 2. The van der Waals surface area contributed by atoms with Crippen molar-refractivity contribution in [2.75, 3.05) is 19.8 Å². The largest absolute Gasteiger partial charge is 0.462 e. The molecule has 394 valence electrons. The van der Waals surface area contributed by atoms with Gasteiger partial charge in [-0.05, 0) is 135 Å². The summed E-state index contributed by atoms with van der Waals surface area (Å²) in [6.07, 6.45) is 85.8. The smallest absolute Gasteiger partial charge is 0.306 e. The molecule has 0 aliphatic carbocycles. The second-order valence-electron chi connectivity index (χ2n) is 18.0. The summed E-state index contributed by atoms with van der Waals surface area (Å²) in [6.45, 7) is 7.40. The van der Waals surface area contributed by atoms with Crippen LogP contribution in [-0.2, 0) is 23.8 Å². The number of allylic oxidation sites excluding steroid dienone is 24. The first-order chi connectivity index (χ1) is 34.6. The van der Waals surface area contributed by atoms with Gasteiger partial charge in [0.2, 0.25) is 0 Å². The van der Waals surface area contributed by atoms with Crippen LogP contribution in [0.2, 0.25) is 0 Å². The molecule has 0 aromatic carbocycles. The Balaban J connectivity index is 4.41. The molecular weight excluding hydrogens is 861 g/mol. The van der Waals surface area contributed by atoms with Gasteiger partial charge in [-0.2, -0.15) is 0 Å². The molecule has 0 aliphatic heterocycles. The summed E-state index contributed by atoms with van der Waals surface area (Å²) in [4.78, 5) is 25.5. The van der Waals surface area contributed by atoms with Gasteiger partial charge in [0.15, 0.2) is 6.10 Å². The molecule has 0 heterocycles. The van der Waals surface area contributed by atoms with Crippen molar-refractivity contribution in [2.45, 2.75) is 232 Å². The number of hydrogen-bond acceptors (Lipinski definition) is 5. The lowest BCUT2D eigenvalue weighted by Gasteiger charge is -2.18. The Kier molecular flexibility index (Phi) is 55.5. The molecule has 0 aliphatic rings. The van der Waals surface area contributed by atoms with E-state index in [9.17, 15) is 9.59 Å². The van der Waals surface area contributed by atoms with E-state index in [2.05, 4.69) is 167 Å². The van der Waals surface area contributed by atoms with E-state index in [1.54, 1.807) is 0 Å². The zero-order chi connectivity index (χ0) is 50.6. The van der Waals surface area contributed by atoms with Gasteiger partial charge in [-0.1, -0.05) is 224 Å². The predicted octanol–water partition coefficient (Wildman–Crippen LogP) is 19.7. The average Bonchev–Trinajstić information content (AvgIpc) is 3.36. The Hall–Kier alpha value is -4.22. The molecule has 0 radical (unpaired) electrons. The van der Waals surface area contributed by atoms with Gasteiger partial charge >= 0.3 is 11.9 Å². The molecule has 0 saturated heterocycles. The fourth-order valence-corrected chi connectivity index (χ4v) is 7.25. The van der Waals surface area contributed by atoms with Crippen LogP contribution in [0.15, 0.2) is 146 Å². The van der Waals surface area contributed by atoms with E-state index in [-0.39, 0.29) is 25.2 Å². The zero-order valence-corrected chi connectivity index (χ0v) is 45.2. The van der Waals surface area contributed by atoms with Gasteiger partial charge in [-0.3, -0.25) is 9.59 Å². The third kappa shape index (κ3) is 56.4. The van der Waals surface area contributed by atoms with Gasteiger partial charge < -0.3 is 14.2 Å². The van der Waals surface area contributed by atoms with Crippen LogP contribution in [0.3, 0.4) is 0 Å². The van der Waals surface area contributed by atoms with E-state index < -0.39 is 6.10 Å². The van der Waals surface area contributed by atoms with Gasteiger partial charge in [0.1, 0.15) is 6.61 Å². The maximum absolute atomic E-state index is 12.9. The molecule has 70 heavy (non-hydrogen) atoms. The maximum atomic E-state index is 12.9. The van der Waals surface area contributed by atoms with Crippen LogP contribution < -0.4 is 0 Å². The highest BCUT2D eigenvalue weighted by molar-refractivity contribution is 5.70. The molecule has 5 heteroatoms. The first-order valence-electron chi connectivity index (χ1n) is 28.4. The highest BCUT2D eigenvalue weighted by Crippen LogP contribution is 2.13. The lowest BCUT2D eigenvalue weighted by Crippen LogP contribution is -2.30. The van der Waals surface area contributed by atoms with E-state index in [1.165, 1.54) is 44.9 Å². The highest BCUT2D eigenvalue weighted by atomic mass is 16.6. The highest BCUT2D eigenvalue weighted by Gasteiger charge is 2.17. The van der Waals surface area contributed by atoms with Crippen LogP contribution in [0.5, 0.6) is 0 Å². The quantitative estimate of drug-likeness (QED) is 0.0345. The fraction of sp³-hybridized carbons (Fsp3) is 0.600. The molecule has 1 atom stereocenters. The minimum atomic E-state index is -0.577. The van der Waals surface area contributed by atoms with Crippen molar-refractivity contribution in [3.05, 3.63) is 146 Å². The van der Waals surface area contributed by atoms with E-state index in [0.29, 0.717) is 19.4 Å². The van der Waals surface area contributed by atoms with Gasteiger partial charge in [-0.15, -0.1) is 0 Å². The minimum absolute atomic E-state index is 0.0464. The van der Waals surface area contributed by atoms with Crippen molar-refractivity contribution < 1.29 is 23.8 Å². The summed E-state index contributed by atoms with van der Waals surface area (Å²) < 4.78 is 17.4. The maximum Gasteiger partial charge on any atom is 0.306 e. The Morgan fingerprint density at radius 1 is 0.314 bits per heavy atom. The summed E-state index contributed by atoms with van der Waals surface area (Å²) in [7, 11) is 0. The van der Waals surface area contributed by atoms with Crippen LogP contribution in [0, 0.1) is 0 Å². The van der Waals surface area contributed by atoms with Crippen LogP contribution in [0.25, 0.3) is 0 Å². The molecule has 0 aromatic rings. The summed E-state index contributed by atoms with van der Waals surface area (Å²) in [5, 5.41) is 0. The summed E-state index contributed by atoms with van der Waals surface area (Å²) in [5.41, 5.74) is 0. The van der Waals surface area contributed by atoms with Crippen molar-refractivity contribution in [1.82, 2.24) is 0 Å². The Morgan fingerprint density at radius 2 is 0.600 bits per heavy atom. The van der Waals surface area contributed by atoms with E-state index in [1.807, 2.05) is 0 Å². The third-order valence-electron chi connectivity index (χ3n) is 11.4. The first-order valence-corrected chi connectivity index (χ1v) is 28.4. The predicted molar refractivity (Wildman–Crippen MR) is 306 cm³/mol. The molecule has 0 aromatic heterocycles. The van der Waals surface area contributed by atoms with E-state index >= 15 is 0 Å². The average molecular weight is 966 g/mol. The number of esters is 2. The normalized spacial score (nSPS) is 13.4. The van der Waals surface area contributed by atoms with Crippen LogP contribution in [0.1, 0.15) is 226 Å². The monoisotopic (exact) mass is 965 g/mol. The van der Waals surface area contributed by atoms with Gasteiger partial charge in [0.05, 0.1) is 6.61 Å². The molecular formula is C65H104O5. The zero-order valence-electron chi connectivity index (χ0n) is 45.2. The van der Waals surface area contributed by atoms with Gasteiger partial charge in [-0.25, -0.2) is 0 Å². The van der Waals surface area contributed by atoms with Crippen molar-refractivity contribution in [2.24, 2.45) is 0 Å². The summed E-state index contributed by atoms with van der Waals surface area (Å²) in [6, 6.07) is 0. The van der Waals surface area contributed by atoms with Crippen molar-refractivity contribution in [3.63, 3.8) is 0 Å². The molecule has 0 fully saturated rings. The second kappa shape index (κ2) is 59.1. The standard InChI is InChI=1S/C65H104O5/c1-4-7-10-13-16-19-22-25-28-30-32-34-36-39-42-45-48-51-54-57-60-68-61-63(70-65(67)59-56-53-50-47-44-41-37-27-24-21-18-15-12-9-6-3)62-69-64(66)58-55-52-49-46-43-40-38-35-33-31-29-26-23-20-17-14-11-8-5-2/h7-12,16-21,25-29,32-35,37,40,43,63H,4-6,13-15,22-24,30-31,36,38-39,41-42,44-62H2,1-3H3/b10-7-,11-8-,12-9-,19-16-,20-17-,21-18-,28-25-,29-26-,34-32-,35-33-,37-27-,43-40-. The number of hydrogen-bond donors (Lipinski definition) is 0. The Labute approximate surface area is 431 Å². The fourth-order valence-electron chi connectivity index (χ4n) is 7.25. The van der Waals surface area contributed by atoms with Crippen LogP contribution in [-0.4, -0.2) is 37.9 Å². The summed E-state index contributed by atoms with van der Waals surface area (Å²) in [5.74, 6) is -0.469. The van der Waals surface area contributed by atoms with Crippen molar-refractivity contribution in [3.8, 4) is 0 Å². The lowest BCUT2D eigenvalue weighted by atomic mass is 10.1. The van der Waals surface area contributed by atoms with E-state index in [0.717, 1.165) is 148 Å². The number of unbranched alkanes of at least 4 members (excludes halogenated alkanes) is 15. The molecule has 5 nitrogen and oxygen atoms in total. The second-order valence-corrected chi connectivity index (χ2v) is 18.0. The van der Waals surface area contributed by atoms with Crippen LogP contribution in [0.4, 0.5) is 0 Å². The van der Waals surface area contributed by atoms with Crippen molar-refractivity contribution >= 4 is 11.9 Å². The van der Waals surface area contributed by atoms with Crippen LogP contribution >= 0.6 is 0 Å². The molecule has 0 amide bonds. The molecule has 1 unspecified atom stereocenters. The number of rotatable bonds is 50. The van der Waals surface area contributed by atoms with E-state index in [4.69, 9.17) is 14.2 Å². The first kappa shape index (κ1) is 65.8. The molecule has 0 spiro atoms. The summed E-state index contributed by atoms with van der Waals surface area (Å²) >= 11 is 0. The molecule has 0 N–H and O–H groups in total. The third-order valence-corrected chi connectivity index (χ3v) is 11.4. The Morgan fingerprint density at radius 3 is 0.971 bits per heavy atom. The SMILES string of the molecule is CC/C=C\C/C=C\C/C=C\C/C=C\C/C=C\CCCCCC(=O)OCC(COCCCCCCCCC/C=C\C/C=C\C/C=C\C/C=C\CC)OC(=O)CCCCCCC/C=C\C/C=C\C/C=C\CC. The lowest BCUT2D eigenvalue weighted by molar-refractivity contribution is -0.163. The van der Waals surface area contributed by atoms with Gasteiger partial charge in [0, 0.05) is 19.4 Å². The molecule has 0 saturated carbocycles. The molecule has 0 rings (SSSR count). The minimum Gasteiger partial charge on any atom is -0.462 e. The molecule has 0 bridgehead atoms. The topological polar surface area (TPSA) is 61.8 Å². The Bertz CT molecular complexity index is 1510.